The molecule has 2 aromatic carbocycles. The van der Waals surface area contributed by atoms with Crippen molar-refractivity contribution in [2.75, 3.05) is 6.61 Å². The topological polar surface area (TPSA) is 74.5 Å². The minimum Gasteiger partial charge on any atom is -0.484 e. The van der Waals surface area contributed by atoms with E-state index in [4.69, 9.17) is 10.00 Å². The number of hydrogen-bond donors (Lipinski definition) is 1. The number of amides is 1. The second-order valence-electron chi connectivity index (χ2n) is 4.97. The third kappa shape index (κ3) is 4.68. The predicted molar refractivity (Wildman–Crippen MR) is 88.2 cm³/mol. The number of carbonyl (C=O) groups excluding carboxylic acids is 1. The lowest BCUT2D eigenvalue weighted by Crippen LogP contribution is -2.25. The van der Waals surface area contributed by atoms with Crippen molar-refractivity contribution in [3.8, 4) is 11.8 Å². The number of nitrogens with zero attached hydrogens (tertiary/aromatic N) is 2. The summed E-state index contributed by atoms with van der Waals surface area (Å²) in [5, 5.41) is 12.8. The average Bonchev–Trinajstić information content (AvgIpc) is 2.58. The van der Waals surface area contributed by atoms with Crippen LogP contribution in [-0.4, -0.2) is 18.2 Å². The van der Waals surface area contributed by atoms with Gasteiger partial charge in [0.05, 0.1) is 17.3 Å². The van der Waals surface area contributed by atoms with Gasteiger partial charge >= 0.3 is 0 Å². The summed E-state index contributed by atoms with van der Waals surface area (Å²) in [6, 6.07) is 16.4. The molecule has 5 heteroatoms. The monoisotopic (exact) mass is 307 g/mol. The predicted octanol–water partition coefficient (Wildman–Crippen LogP) is 2.79. The molecule has 0 aliphatic heterocycles. The number of nitriles is 1. The molecule has 0 fully saturated rings. The lowest BCUT2D eigenvalue weighted by Gasteiger charge is -2.07. The Morgan fingerprint density at radius 1 is 1.22 bits per heavy atom. The van der Waals surface area contributed by atoms with Gasteiger partial charge in [0, 0.05) is 5.56 Å². The number of hydrogen-bond acceptors (Lipinski definition) is 4. The van der Waals surface area contributed by atoms with Crippen molar-refractivity contribution in [3.63, 3.8) is 0 Å². The first-order valence-corrected chi connectivity index (χ1v) is 7.12. The summed E-state index contributed by atoms with van der Waals surface area (Å²) in [6.45, 7) is 3.69. The molecule has 0 aliphatic carbocycles. The van der Waals surface area contributed by atoms with Crippen molar-refractivity contribution in [2.45, 2.75) is 13.8 Å². The maximum absolute atomic E-state index is 11.8. The fraction of sp³-hybridized carbons (Fsp3) is 0.167. The zero-order valence-electron chi connectivity index (χ0n) is 13.0. The SMILES string of the molecule is C/C(=N/NC(=O)COc1ccc(C#N)cc1)c1ccccc1C. The van der Waals surface area contributed by atoms with Gasteiger partial charge in [0.15, 0.2) is 6.61 Å². The molecule has 0 saturated heterocycles. The van der Waals surface area contributed by atoms with E-state index in [1.54, 1.807) is 24.3 Å². The zero-order chi connectivity index (χ0) is 16.7. The second kappa shape index (κ2) is 7.76. The third-order valence-electron chi connectivity index (χ3n) is 3.24. The standard InChI is InChI=1S/C18H17N3O2/c1-13-5-3-4-6-17(13)14(2)20-21-18(22)12-23-16-9-7-15(11-19)8-10-16/h3-10H,12H2,1-2H3,(H,21,22)/b20-14-. The van der Waals surface area contributed by atoms with Crippen LogP contribution in [0, 0.1) is 18.3 Å². The Kier molecular flexibility index (Phi) is 5.48. The Balaban J connectivity index is 1.88. The molecule has 0 spiro atoms. The Bertz CT molecular complexity index is 759. The molecule has 0 aliphatic rings. The summed E-state index contributed by atoms with van der Waals surface area (Å²) < 4.78 is 5.34. The first-order valence-electron chi connectivity index (χ1n) is 7.12. The Labute approximate surface area is 135 Å². The highest BCUT2D eigenvalue weighted by Crippen LogP contribution is 2.11. The van der Waals surface area contributed by atoms with E-state index in [9.17, 15) is 4.79 Å². The van der Waals surface area contributed by atoms with Gasteiger partial charge in [-0.1, -0.05) is 24.3 Å². The van der Waals surface area contributed by atoms with E-state index >= 15 is 0 Å². The molecule has 1 N–H and O–H groups in total. The molecular formula is C18H17N3O2. The fourth-order valence-corrected chi connectivity index (χ4v) is 1.99. The number of carbonyl (C=O) groups is 1. The zero-order valence-corrected chi connectivity index (χ0v) is 13.0. The van der Waals surface area contributed by atoms with Gasteiger partial charge in [-0.2, -0.15) is 10.4 Å². The molecular weight excluding hydrogens is 290 g/mol. The average molecular weight is 307 g/mol. The van der Waals surface area contributed by atoms with E-state index in [1.165, 1.54) is 0 Å². The van der Waals surface area contributed by atoms with Crippen molar-refractivity contribution in [3.05, 3.63) is 65.2 Å². The smallest absolute Gasteiger partial charge is 0.277 e. The van der Waals surface area contributed by atoms with Gasteiger partial charge < -0.3 is 4.74 Å². The lowest BCUT2D eigenvalue weighted by molar-refractivity contribution is -0.123. The highest BCUT2D eigenvalue weighted by atomic mass is 16.5. The molecule has 1 amide bonds. The Morgan fingerprint density at radius 2 is 1.91 bits per heavy atom. The van der Waals surface area contributed by atoms with Crippen molar-refractivity contribution in [1.29, 1.82) is 5.26 Å². The van der Waals surface area contributed by atoms with E-state index in [1.807, 2.05) is 44.2 Å². The number of rotatable bonds is 5. The molecule has 0 radical (unpaired) electrons. The Morgan fingerprint density at radius 3 is 2.57 bits per heavy atom. The number of benzene rings is 2. The molecule has 5 nitrogen and oxygen atoms in total. The van der Waals surface area contributed by atoms with E-state index in [-0.39, 0.29) is 12.5 Å². The van der Waals surface area contributed by atoms with Crippen molar-refractivity contribution in [2.24, 2.45) is 5.10 Å². The molecule has 23 heavy (non-hydrogen) atoms. The van der Waals surface area contributed by atoms with Crippen molar-refractivity contribution >= 4 is 11.6 Å². The summed E-state index contributed by atoms with van der Waals surface area (Å²) in [4.78, 5) is 11.8. The quantitative estimate of drug-likeness (QED) is 0.682. The van der Waals surface area contributed by atoms with Crippen molar-refractivity contribution < 1.29 is 9.53 Å². The van der Waals surface area contributed by atoms with E-state index < -0.39 is 0 Å². The lowest BCUT2D eigenvalue weighted by atomic mass is 10.1. The van der Waals surface area contributed by atoms with Crippen LogP contribution in [0.1, 0.15) is 23.6 Å². The number of aryl methyl sites for hydroxylation is 1. The highest BCUT2D eigenvalue weighted by Gasteiger charge is 2.04. The van der Waals surface area contributed by atoms with Gasteiger partial charge in [0.1, 0.15) is 5.75 Å². The summed E-state index contributed by atoms with van der Waals surface area (Å²) in [5.41, 5.74) is 5.83. The van der Waals surface area contributed by atoms with Crippen LogP contribution in [0.25, 0.3) is 0 Å². The molecule has 0 aromatic heterocycles. The largest absolute Gasteiger partial charge is 0.484 e. The van der Waals surface area contributed by atoms with Gasteiger partial charge in [-0.15, -0.1) is 0 Å². The molecule has 0 saturated carbocycles. The van der Waals surface area contributed by atoms with Crippen LogP contribution in [0.4, 0.5) is 0 Å². The van der Waals surface area contributed by atoms with Crippen LogP contribution in [0.5, 0.6) is 5.75 Å². The fourth-order valence-electron chi connectivity index (χ4n) is 1.99. The van der Waals surface area contributed by atoms with Gasteiger partial charge in [-0.3, -0.25) is 4.79 Å². The van der Waals surface area contributed by atoms with E-state index in [2.05, 4.69) is 10.5 Å². The first-order chi connectivity index (χ1) is 11.1. The summed E-state index contributed by atoms with van der Waals surface area (Å²) in [7, 11) is 0. The summed E-state index contributed by atoms with van der Waals surface area (Å²) in [5.74, 6) is 0.182. The highest BCUT2D eigenvalue weighted by molar-refractivity contribution is 6.00. The minimum atomic E-state index is -0.345. The maximum atomic E-state index is 11.8. The third-order valence-corrected chi connectivity index (χ3v) is 3.24. The van der Waals surface area contributed by atoms with E-state index in [0.29, 0.717) is 11.3 Å². The van der Waals surface area contributed by atoms with E-state index in [0.717, 1.165) is 16.8 Å². The van der Waals surface area contributed by atoms with Gasteiger partial charge in [-0.05, 0) is 43.7 Å². The number of nitrogens with one attached hydrogen (secondary N) is 1. The van der Waals surface area contributed by atoms with Crippen molar-refractivity contribution in [1.82, 2.24) is 5.43 Å². The van der Waals surface area contributed by atoms with Crippen LogP contribution >= 0.6 is 0 Å². The number of ether oxygens (including phenoxy) is 1. The molecule has 2 rings (SSSR count). The van der Waals surface area contributed by atoms with Crippen LogP contribution in [0.15, 0.2) is 53.6 Å². The molecule has 2 aromatic rings. The molecule has 116 valence electrons. The Hall–Kier alpha value is -3.13. The summed E-state index contributed by atoms with van der Waals surface area (Å²) in [6.07, 6.45) is 0. The van der Waals surface area contributed by atoms with Crippen LogP contribution < -0.4 is 10.2 Å². The molecule has 0 atom stereocenters. The maximum Gasteiger partial charge on any atom is 0.277 e. The van der Waals surface area contributed by atoms with Gasteiger partial charge in [-0.25, -0.2) is 5.43 Å². The summed E-state index contributed by atoms with van der Waals surface area (Å²) >= 11 is 0. The van der Waals surface area contributed by atoms with Crippen LogP contribution in [-0.2, 0) is 4.79 Å². The van der Waals surface area contributed by atoms with Crippen LogP contribution in [0.3, 0.4) is 0 Å². The van der Waals surface area contributed by atoms with Gasteiger partial charge in [0.2, 0.25) is 0 Å². The normalized spacial score (nSPS) is 10.7. The number of hydrazone groups is 1. The van der Waals surface area contributed by atoms with Gasteiger partial charge in [0.25, 0.3) is 5.91 Å². The minimum absolute atomic E-state index is 0.142. The molecule has 0 bridgehead atoms. The molecule has 0 unspecified atom stereocenters. The first kappa shape index (κ1) is 16.2. The van der Waals surface area contributed by atoms with Crippen LogP contribution in [0.2, 0.25) is 0 Å². The molecule has 0 heterocycles. The second-order valence-corrected chi connectivity index (χ2v) is 4.97.